The van der Waals surface area contributed by atoms with Gasteiger partial charge in [-0.3, -0.25) is 0 Å². The van der Waals surface area contributed by atoms with Gasteiger partial charge in [-0.05, 0) is 29.7 Å². The van der Waals surface area contributed by atoms with Crippen molar-refractivity contribution in [3.05, 3.63) is 65.9 Å². The Labute approximate surface area is 126 Å². The van der Waals surface area contributed by atoms with Crippen molar-refractivity contribution in [2.75, 3.05) is 0 Å². The van der Waals surface area contributed by atoms with E-state index in [1.165, 1.54) is 0 Å². The molecule has 0 atom stereocenters. The minimum Gasteiger partial charge on any atom is -0.464 e. The average molecular weight is 290 g/mol. The van der Waals surface area contributed by atoms with Crippen LogP contribution < -0.4 is 11.4 Å². The van der Waals surface area contributed by atoms with Crippen LogP contribution in [0.1, 0.15) is 5.56 Å². The lowest BCUT2D eigenvalue weighted by molar-refractivity contribution is 0.536. The first kappa shape index (κ1) is 12.7. The molecule has 0 amide bonds. The summed E-state index contributed by atoms with van der Waals surface area (Å²) in [6.45, 7) is 2.03. The van der Waals surface area contributed by atoms with Gasteiger partial charge in [0, 0.05) is 22.9 Å². The molecule has 4 nitrogen and oxygen atoms in total. The molecular formula is C18H14N2O2. The number of fused-ring (bicyclic) bond motifs is 2. The van der Waals surface area contributed by atoms with Crippen LogP contribution >= 0.6 is 0 Å². The number of nitrogens with zero attached hydrogens (tertiary/aromatic N) is 1. The normalized spacial score (nSPS) is 12.3. The Morgan fingerprint density at radius 1 is 0.955 bits per heavy atom. The van der Waals surface area contributed by atoms with Crippen molar-refractivity contribution in [2.45, 2.75) is 6.92 Å². The molecule has 0 saturated heterocycles. The number of hydrogen-bond donors (Lipinski definition) is 1. The van der Waals surface area contributed by atoms with E-state index < -0.39 is 0 Å². The Morgan fingerprint density at radius 2 is 1.77 bits per heavy atom. The van der Waals surface area contributed by atoms with Gasteiger partial charge < -0.3 is 14.7 Å². The first-order valence-corrected chi connectivity index (χ1v) is 7.01. The van der Waals surface area contributed by atoms with Gasteiger partial charge in [-0.25, -0.2) is 0 Å². The highest BCUT2D eigenvalue weighted by Gasteiger charge is 2.11. The van der Waals surface area contributed by atoms with Crippen LogP contribution in [0.25, 0.3) is 33.1 Å². The second-order valence-corrected chi connectivity index (χ2v) is 5.26. The van der Waals surface area contributed by atoms with Crippen LogP contribution in [-0.4, -0.2) is 0 Å². The zero-order valence-corrected chi connectivity index (χ0v) is 12.0. The summed E-state index contributed by atoms with van der Waals surface area (Å²) < 4.78 is 11.3. The molecule has 2 aromatic heterocycles. The van der Waals surface area contributed by atoms with Gasteiger partial charge in [-0.1, -0.05) is 30.3 Å². The SMILES string of the molecule is Cc1coc2cc3o/c(=N\N)cc(-c4ccccc4)c3cc12. The van der Waals surface area contributed by atoms with Gasteiger partial charge in [0.05, 0.1) is 6.26 Å². The zero-order chi connectivity index (χ0) is 15.1. The van der Waals surface area contributed by atoms with Crippen LogP contribution in [0.5, 0.6) is 0 Å². The second kappa shape index (κ2) is 4.77. The number of aryl methyl sites for hydroxylation is 1. The Kier molecular flexibility index (Phi) is 2.76. The largest absolute Gasteiger partial charge is 0.464 e. The van der Waals surface area contributed by atoms with Crippen LogP contribution in [0.15, 0.2) is 68.7 Å². The topological polar surface area (TPSA) is 64.7 Å². The van der Waals surface area contributed by atoms with Crippen molar-refractivity contribution in [3.63, 3.8) is 0 Å². The predicted molar refractivity (Wildman–Crippen MR) is 85.9 cm³/mol. The summed E-state index contributed by atoms with van der Waals surface area (Å²) in [5.74, 6) is 5.41. The number of benzene rings is 2. The van der Waals surface area contributed by atoms with Crippen molar-refractivity contribution in [2.24, 2.45) is 10.9 Å². The molecule has 0 spiro atoms. The van der Waals surface area contributed by atoms with Gasteiger partial charge in [0.2, 0.25) is 5.55 Å². The fraction of sp³-hybridized carbons (Fsp3) is 0.0556. The maximum Gasteiger partial charge on any atom is 0.236 e. The molecule has 0 aliphatic heterocycles. The van der Waals surface area contributed by atoms with Gasteiger partial charge in [0.1, 0.15) is 11.2 Å². The van der Waals surface area contributed by atoms with E-state index in [9.17, 15) is 0 Å². The first-order valence-electron chi connectivity index (χ1n) is 7.01. The standard InChI is InChI=1S/C18H14N2O2/c1-11-10-21-16-9-17-15(7-13(11)16)14(8-18(20-19)22-17)12-5-3-2-4-6-12/h2-10H,19H2,1H3/b20-18-. The summed E-state index contributed by atoms with van der Waals surface area (Å²) in [7, 11) is 0. The van der Waals surface area contributed by atoms with Crippen LogP contribution in [0.3, 0.4) is 0 Å². The van der Waals surface area contributed by atoms with Gasteiger partial charge in [0.15, 0.2) is 0 Å². The van der Waals surface area contributed by atoms with E-state index in [0.29, 0.717) is 11.1 Å². The maximum atomic E-state index is 5.74. The van der Waals surface area contributed by atoms with Crippen molar-refractivity contribution < 1.29 is 8.83 Å². The molecular weight excluding hydrogens is 276 g/mol. The fourth-order valence-electron chi connectivity index (χ4n) is 2.74. The fourth-order valence-corrected chi connectivity index (χ4v) is 2.74. The van der Waals surface area contributed by atoms with E-state index >= 15 is 0 Å². The van der Waals surface area contributed by atoms with Crippen LogP contribution in [0, 0.1) is 6.92 Å². The molecule has 0 bridgehead atoms. The summed E-state index contributed by atoms with van der Waals surface area (Å²) in [5, 5.41) is 5.79. The molecule has 4 heteroatoms. The van der Waals surface area contributed by atoms with E-state index in [-0.39, 0.29) is 0 Å². The molecule has 0 fully saturated rings. The summed E-state index contributed by atoms with van der Waals surface area (Å²) in [5.41, 5.74) is 5.11. The zero-order valence-electron chi connectivity index (χ0n) is 12.0. The van der Waals surface area contributed by atoms with Crippen molar-refractivity contribution >= 4 is 21.9 Å². The van der Waals surface area contributed by atoms with Crippen LogP contribution in [-0.2, 0) is 0 Å². The minimum absolute atomic E-state index is 0.383. The summed E-state index contributed by atoms with van der Waals surface area (Å²) in [6, 6.07) is 16.0. The van der Waals surface area contributed by atoms with E-state index in [2.05, 4.69) is 23.3 Å². The Balaban J connectivity index is 2.17. The van der Waals surface area contributed by atoms with E-state index in [1.807, 2.05) is 37.3 Å². The van der Waals surface area contributed by atoms with Crippen molar-refractivity contribution in [1.82, 2.24) is 0 Å². The second-order valence-electron chi connectivity index (χ2n) is 5.26. The molecule has 0 aliphatic carbocycles. The molecule has 0 unspecified atom stereocenters. The van der Waals surface area contributed by atoms with Crippen molar-refractivity contribution in [3.8, 4) is 11.1 Å². The average Bonchev–Trinajstić information content (AvgIpc) is 2.93. The highest BCUT2D eigenvalue weighted by molar-refractivity contribution is 6.01. The summed E-state index contributed by atoms with van der Waals surface area (Å²) in [4.78, 5) is 0. The number of rotatable bonds is 1. The number of hydrogen-bond acceptors (Lipinski definition) is 4. The summed E-state index contributed by atoms with van der Waals surface area (Å²) >= 11 is 0. The predicted octanol–water partition coefficient (Wildman–Crippen LogP) is 3.93. The third kappa shape index (κ3) is 1.89. The van der Waals surface area contributed by atoms with Crippen LogP contribution in [0.2, 0.25) is 0 Å². The Hall–Kier alpha value is -3.01. The van der Waals surface area contributed by atoms with E-state index in [0.717, 1.165) is 33.0 Å². The summed E-state index contributed by atoms with van der Waals surface area (Å²) in [6.07, 6.45) is 1.75. The Bertz CT molecular complexity index is 1040. The van der Waals surface area contributed by atoms with Gasteiger partial charge in [-0.15, -0.1) is 5.10 Å². The van der Waals surface area contributed by atoms with Crippen LogP contribution in [0.4, 0.5) is 0 Å². The molecule has 0 saturated carbocycles. The highest BCUT2D eigenvalue weighted by atomic mass is 16.3. The molecule has 4 aromatic rings. The molecule has 108 valence electrons. The lowest BCUT2D eigenvalue weighted by atomic mass is 10.0. The highest BCUT2D eigenvalue weighted by Crippen LogP contribution is 2.32. The quantitative estimate of drug-likeness (QED) is 0.426. The molecule has 2 aromatic carbocycles. The van der Waals surface area contributed by atoms with E-state index in [1.54, 1.807) is 6.26 Å². The van der Waals surface area contributed by atoms with Gasteiger partial charge >= 0.3 is 0 Å². The maximum absolute atomic E-state index is 5.74. The Morgan fingerprint density at radius 3 is 2.55 bits per heavy atom. The first-order chi connectivity index (χ1) is 10.8. The monoisotopic (exact) mass is 290 g/mol. The minimum atomic E-state index is 0.383. The lowest BCUT2D eigenvalue weighted by Crippen LogP contribution is -2.05. The van der Waals surface area contributed by atoms with Crippen molar-refractivity contribution in [1.29, 1.82) is 0 Å². The molecule has 22 heavy (non-hydrogen) atoms. The molecule has 2 heterocycles. The van der Waals surface area contributed by atoms with Gasteiger partial charge in [-0.2, -0.15) is 0 Å². The van der Waals surface area contributed by atoms with E-state index in [4.69, 9.17) is 14.7 Å². The number of nitrogens with two attached hydrogens (primary N) is 1. The number of furan rings is 1. The molecule has 2 N–H and O–H groups in total. The molecule has 0 radical (unpaired) electrons. The van der Waals surface area contributed by atoms with Gasteiger partial charge in [0.25, 0.3) is 0 Å². The third-order valence-corrected chi connectivity index (χ3v) is 3.85. The lowest BCUT2D eigenvalue weighted by Gasteiger charge is -2.06. The third-order valence-electron chi connectivity index (χ3n) is 3.85. The molecule has 4 rings (SSSR count). The molecule has 0 aliphatic rings. The smallest absolute Gasteiger partial charge is 0.236 e.